The minimum absolute atomic E-state index is 0.0774. The lowest BCUT2D eigenvalue weighted by Crippen LogP contribution is -2.47. The second-order valence-electron chi connectivity index (χ2n) is 11.8. The number of fused-ring (bicyclic) bond motifs is 2. The highest BCUT2D eigenvalue weighted by molar-refractivity contribution is 9.11. The maximum atomic E-state index is 13.7. The number of rotatable bonds is 11. The van der Waals surface area contributed by atoms with Gasteiger partial charge in [0.25, 0.3) is 5.91 Å². The molecule has 9 nitrogen and oxygen atoms in total. The smallest absolute Gasteiger partial charge is 0.258 e. The number of nitrogens with one attached hydrogen (secondary N) is 2. The number of benzene rings is 3. The first-order valence-corrected chi connectivity index (χ1v) is 18.6. The van der Waals surface area contributed by atoms with E-state index in [1.807, 2.05) is 53.6 Å². The van der Waals surface area contributed by atoms with Gasteiger partial charge in [0.15, 0.2) is 16.6 Å². The highest BCUT2D eigenvalue weighted by Crippen LogP contribution is 2.42. The van der Waals surface area contributed by atoms with Crippen LogP contribution >= 0.6 is 59.1 Å². The molecule has 6 rings (SSSR count). The number of amides is 2. The molecule has 0 spiro atoms. The summed E-state index contributed by atoms with van der Waals surface area (Å²) in [7, 11) is 1.63. The number of unbranched alkanes of at least 4 members (excludes halogenated alkanes) is 1. The molecule has 0 fully saturated rings. The zero-order chi connectivity index (χ0) is 34.0. The fourth-order valence-corrected chi connectivity index (χ4v) is 8.30. The molecular weight excluding hydrogens is 828 g/mol. The lowest BCUT2D eigenvalue weighted by atomic mass is 9.81. The maximum Gasteiger partial charge on any atom is 0.258 e. The third-order valence-corrected chi connectivity index (χ3v) is 10.9. The Kier molecular flexibility index (Phi) is 10.6. The Morgan fingerprint density at radius 2 is 1.94 bits per heavy atom. The first-order chi connectivity index (χ1) is 23.1. The fourth-order valence-electron chi connectivity index (χ4n) is 6.17. The predicted octanol–water partition coefficient (Wildman–Crippen LogP) is 8.28. The highest BCUT2D eigenvalue weighted by atomic mass is 79.9. The van der Waals surface area contributed by atoms with Crippen molar-refractivity contribution in [1.82, 2.24) is 10.3 Å². The normalized spacial score (nSPS) is 17.7. The van der Waals surface area contributed by atoms with Crippen molar-refractivity contribution in [2.75, 3.05) is 37.0 Å². The van der Waals surface area contributed by atoms with Crippen molar-refractivity contribution >= 4 is 93.4 Å². The van der Waals surface area contributed by atoms with Gasteiger partial charge in [-0.2, -0.15) is 0 Å². The maximum absolute atomic E-state index is 13.7. The molecule has 2 aliphatic rings. The van der Waals surface area contributed by atoms with Crippen LogP contribution in [0.1, 0.15) is 48.4 Å². The lowest BCUT2D eigenvalue weighted by molar-refractivity contribution is -0.117. The van der Waals surface area contributed by atoms with E-state index in [0.717, 1.165) is 45.4 Å². The largest absolute Gasteiger partial charge is 0.506 e. The lowest BCUT2D eigenvalue weighted by Gasteiger charge is -2.37. The molecule has 2 aliphatic heterocycles. The number of phenolic OH excluding ortho intramolecular Hbond substituents is 1. The molecule has 3 heterocycles. The van der Waals surface area contributed by atoms with Crippen LogP contribution in [-0.4, -0.2) is 48.7 Å². The first kappa shape index (κ1) is 34.6. The predicted molar refractivity (Wildman–Crippen MR) is 200 cm³/mol. The van der Waals surface area contributed by atoms with Crippen LogP contribution in [-0.2, 0) is 21.5 Å². The summed E-state index contributed by atoms with van der Waals surface area (Å²) in [5.41, 5.74) is 4.61. The molecule has 0 saturated carbocycles. The number of hydrogen-bond acceptors (Lipinski definition) is 8. The molecular formula is C35H33Br3N4O5S. The molecule has 3 N–H and O–H groups in total. The van der Waals surface area contributed by atoms with Gasteiger partial charge in [-0.25, -0.2) is 4.98 Å². The monoisotopic (exact) mass is 858 g/mol. The Hall–Kier alpha value is -3.23. The summed E-state index contributed by atoms with van der Waals surface area (Å²) in [6.07, 6.45) is 5.99. The quantitative estimate of drug-likeness (QED) is 0.103. The van der Waals surface area contributed by atoms with E-state index in [1.165, 1.54) is 11.3 Å². The fraction of sp³-hybridized carbons (Fsp3) is 0.286. The van der Waals surface area contributed by atoms with Crippen LogP contribution in [0.5, 0.6) is 17.2 Å². The van der Waals surface area contributed by atoms with Gasteiger partial charge < -0.3 is 30.1 Å². The van der Waals surface area contributed by atoms with E-state index in [1.54, 1.807) is 25.4 Å². The van der Waals surface area contributed by atoms with Crippen LogP contribution in [0.2, 0.25) is 0 Å². The second kappa shape index (κ2) is 14.7. The first-order valence-electron chi connectivity index (χ1n) is 15.4. The van der Waals surface area contributed by atoms with Crippen molar-refractivity contribution in [3.63, 3.8) is 0 Å². The van der Waals surface area contributed by atoms with Crippen molar-refractivity contribution in [3.8, 4) is 17.2 Å². The minimum Gasteiger partial charge on any atom is -0.506 e. The Labute approximate surface area is 308 Å². The molecule has 1 unspecified atom stereocenters. The number of carbonyl (C=O) groups is 2. The van der Waals surface area contributed by atoms with Crippen LogP contribution < -0.4 is 25.0 Å². The Balaban J connectivity index is 1.12. The molecule has 0 radical (unpaired) electrons. The Bertz CT molecular complexity index is 1880. The number of nitrogens with zero attached hydrogens (tertiary/aromatic N) is 2. The SMILES string of the molecule is COc1cc2c(cc1OCCCCN1C(=O)C(=Cc3cc(Br)c(O)c(Br)c3)c3cc(Br)ccc31)C(C)(CC(=O)Nc1nccs1)NCC2. The molecule has 4 aromatic rings. The average molecular weight is 861 g/mol. The van der Waals surface area contributed by atoms with Gasteiger partial charge in [0.2, 0.25) is 5.91 Å². The van der Waals surface area contributed by atoms with Gasteiger partial charge in [0.1, 0.15) is 5.75 Å². The number of methoxy groups -OCH3 is 1. The number of aromatic hydroxyl groups is 1. The van der Waals surface area contributed by atoms with Crippen LogP contribution in [0, 0.1) is 0 Å². The third-order valence-electron chi connectivity index (χ3n) is 8.49. The van der Waals surface area contributed by atoms with Gasteiger partial charge in [-0.05, 0) is 123 Å². The van der Waals surface area contributed by atoms with Gasteiger partial charge in [-0.15, -0.1) is 11.3 Å². The minimum atomic E-state index is -0.588. The van der Waals surface area contributed by atoms with E-state index in [2.05, 4.69) is 63.4 Å². The molecule has 0 saturated heterocycles. The molecule has 1 atom stereocenters. The molecule has 0 aliphatic carbocycles. The number of phenols is 1. The van der Waals surface area contributed by atoms with Crippen LogP contribution in [0.4, 0.5) is 10.8 Å². The van der Waals surface area contributed by atoms with E-state index >= 15 is 0 Å². The molecule has 1 aromatic heterocycles. The van der Waals surface area contributed by atoms with Crippen molar-refractivity contribution in [2.45, 2.75) is 38.1 Å². The van der Waals surface area contributed by atoms with Gasteiger partial charge in [0, 0.05) is 52.2 Å². The van der Waals surface area contributed by atoms with E-state index in [0.29, 0.717) is 57.1 Å². The van der Waals surface area contributed by atoms with Gasteiger partial charge in [0.05, 0.1) is 28.3 Å². The van der Waals surface area contributed by atoms with Crippen LogP contribution in [0.3, 0.4) is 0 Å². The van der Waals surface area contributed by atoms with Crippen molar-refractivity contribution < 1.29 is 24.2 Å². The Morgan fingerprint density at radius 1 is 1.15 bits per heavy atom. The van der Waals surface area contributed by atoms with Crippen LogP contribution in [0.25, 0.3) is 11.6 Å². The summed E-state index contributed by atoms with van der Waals surface area (Å²) in [4.78, 5) is 32.6. The van der Waals surface area contributed by atoms with Crippen molar-refractivity contribution in [2.24, 2.45) is 0 Å². The van der Waals surface area contributed by atoms with E-state index in [9.17, 15) is 14.7 Å². The number of anilines is 2. The summed E-state index contributed by atoms with van der Waals surface area (Å²) in [6.45, 7) is 3.73. The summed E-state index contributed by atoms with van der Waals surface area (Å²) in [6, 6.07) is 13.4. The third kappa shape index (κ3) is 7.35. The summed E-state index contributed by atoms with van der Waals surface area (Å²) in [5, 5.41) is 19.0. The second-order valence-corrected chi connectivity index (χ2v) is 15.3. The number of thiazole rings is 1. The molecule has 13 heteroatoms. The van der Waals surface area contributed by atoms with E-state index in [4.69, 9.17) is 9.47 Å². The number of aromatic nitrogens is 1. The standard InChI is InChI=1S/C35H33Br3N4O5S/c1-35(19-31(43)41-34-39-9-12-48-34)25-18-30(29(46-2)16-21(25)7-8-40-35)47-11-4-3-10-42-28-6-5-22(36)17-23(28)24(33(42)45)13-20-14-26(37)32(44)27(38)15-20/h5-6,9,12-18,40,44H,3-4,7-8,10-11,19H2,1-2H3,(H,39,41,43). The average Bonchev–Trinajstić information content (AvgIpc) is 3.65. The molecule has 0 bridgehead atoms. The summed E-state index contributed by atoms with van der Waals surface area (Å²) in [5.74, 6) is 1.19. The van der Waals surface area contributed by atoms with Crippen LogP contribution in [0.15, 0.2) is 67.5 Å². The summed E-state index contributed by atoms with van der Waals surface area (Å²) < 4.78 is 13.9. The summed E-state index contributed by atoms with van der Waals surface area (Å²) >= 11 is 11.7. The highest BCUT2D eigenvalue weighted by Gasteiger charge is 2.36. The number of ether oxygens (including phenoxy) is 2. The topological polar surface area (TPSA) is 113 Å². The van der Waals surface area contributed by atoms with Gasteiger partial charge in [-0.3, -0.25) is 9.59 Å². The van der Waals surface area contributed by atoms with Gasteiger partial charge >= 0.3 is 0 Å². The number of halogens is 3. The molecule has 250 valence electrons. The van der Waals surface area contributed by atoms with E-state index < -0.39 is 5.54 Å². The zero-order valence-electron chi connectivity index (χ0n) is 26.2. The van der Waals surface area contributed by atoms with Crippen molar-refractivity contribution in [1.29, 1.82) is 0 Å². The number of carbonyl (C=O) groups excluding carboxylic acids is 2. The van der Waals surface area contributed by atoms with Gasteiger partial charge in [-0.1, -0.05) is 15.9 Å². The Morgan fingerprint density at radius 3 is 2.67 bits per heavy atom. The zero-order valence-corrected chi connectivity index (χ0v) is 31.8. The van der Waals surface area contributed by atoms with E-state index in [-0.39, 0.29) is 24.0 Å². The van der Waals surface area contributed by atoms with Crippen molar-refractivity contribution in [3.05, 3.63) is 89.7 Å². The molecule has 48 heavy (non-hydrogen) atoms. The molecule has 2 amide bonds. The molecule has 3 aromatic carbocycles. The number of hydrogen-bond donors (Lipinski definition) is 3.